The molecule has 4 aromatic rings. The zero-order chi connectivity index (χ0) is 23.5. The largest absolute Gasteiger partial charge is 0.457 e. The standard InChI is InChI=1S/C24H24N6O3/c25-19-4-1-13(10-22(19)28)31-16-7-17(32-14-2-5-20(26)23(29)11-14)9-18(8-16)33-15-3-6-21(27)24(30)12-15/h1-12H,25-30H2. The van der Waals surface area contributed by atoms with Crippen molar-refractivity contribution < 1.29 is 14.2 Å². The van der Waals surface area contributed by atoms with Crippen molar-refractivity contribution in [1.82, 2.24) is 0 Å². The summed E-state index contributed by atoms with van der Waals surface area (Å²) in [5, 5.41) is 0. The van der Waals surface area contributed by atoms with Gasteiger partial charge in [0.25, 0.3) is 0 Å². The molecule has 0 spiro atoms. The lowest BCUT2D eigenvalue weighted by molar-refractivity contribution is 0.440. The summed E-state index contributed by atoms with van der Waals surface area (Å²) in [5.74, 6) is 2.82. The molecule has 0 unspecified atom stereocenters. The Kier molecular flexibility index (Phi) is 5.60. The molecule has 9 nitrogen and oxygen atoms in total. The van der Waals surface area contributed by atoms with Crippen LogP contribution in [0.2, 0.25) is 0 Å². The van der Waals surface area contributed by atoms with Crippen LogP contribution in [0.25, 0.3) is 0 Å². The lowest BCUT2D eigenvalue weighted by atomic mass is 10.2. The van der Waals surface area contributed by atoms with Gasteiger partial charge in [-0.25, -0.2) is 0 Å². The van der Waals surface area contributed by atoms with Crippen LogP contribution < -0.4 is 48.6 Å². The minimum absolute atomic E-state index is 0.408. The molecule has 168 valence electrons. The molecule has 0 aliphatic rings. The molecular formula is C24H24N6O3. The average Bonchev–Trinajstić information content (AvgIpc) is 2.76. The smallest absolute Gasteiger partial charge is 0.134 e. The number of anilines is 6. The first-order valence-electron chi connectivity index (χ1n) is 9.90. The molecule has 0 saturated carbocycles. The topological polar surface area (TPSA) is 184 Å². The highest BCUT2D eigenvalue weighted by atomic mass is 16.5. The van der Waals surface area contributed by atoms with Gasteiger partial charge in [0.05, 0.1) is 34.1 Å². The SMILES string of the molecule is Nc1ccc(Oc2cc(Oc3ccc(N)c(N)c3)cc(Oc3ccc(N)c(N)c3)c2)cc1N. The van der Waals surface area contributed by atoms with Gasteiger partial charge in [-0.2, -0.15) is 0 Å². The number of rotatable bonds is 6. The summed E-state index contributed by atoms with van der Waals surface area (Å²) in [6.07, 6.45) is 0. The Morgan fingerprint density at radius 2 is 0.576 bits per heavy atom. The zero-order valence-corrected chi connectivity index (χ0v) is 17.6. The van der Waals surface area contributed by atoms with E-state index in [-0.39, 0.29) is 0 Å². The second-order valence-corrected chi connectivity index (χ2v) is 7.32. The van der Waals surface area contributed by atoms with Gasteiger partial charge < -0.3 is 48.6 Å². The zero-order valence-electron chi connectivity index (χ0n) is 17.6. The highest BCUT2D eigenvalue weighted by molar-refractivity contribution is 5.67. The number of hydrogen-bond acceptors (Lipinski definition) is 9. The normalized spacial score (nSPS) is 10.5. The van der Waals surface area contributed by atoms with Gasteiger partial charge in [0.2, 0.25) is 0 Å². The third kappa shape index (κ3) is 5.05. The van der Waals surface area contributed by atoms with Gasteiger partial charge in [-0.1, -0.05) is 0 Å². The number of benzene rings is 4. The first kappa shape index (κ1) is 21.3. The maximum Gasteiger partial charge on any atom is 0.134 e. The molecule has 0 aromatic heterocycles. The molecule has 0 radical (unpaired) electrons. The monoisotopic (exact) mass is 444 g/mol. The molecule has 0 atom stereocenters. The van der Waals surface area contributed by atoms with Crippen LogP contribution in [0.5, 0.6) is 34.5 Å². The summed E-state index contributed by atoms with van der Waals surface area (Å²) >= 11 is 0. The van der Waals surface area contributed by atoms with E-state index in [0.29, 0.717) is 68.6 Å². The summed E-state index contributed by atoms with van der Waals surface area (Å²) < 4.78 is 17.9. The summed E-state index contributed by atoms with van der Waals surface area (Å²) in [5.41, 5.74) is 37.7. The van der Waals surface area contributed by atoms with Crippen molar-refractivity contribution in [1.29, 1.82) is 0 Å². The Bertz CT molecular complexity index is 1150. The second kappa shape index (κ2) is 8.67. The Morgan fingerprint density at radius 3 is 0.818 bits per heavy atom. The number of nitrogens with two attached hydrogens (primary N) is 6. The maximum absolute atomic E-state index is 5.97. The van der Waals surface area contributed by atoms with E-state index in [9.17, 15) is 0 Å². The van der Waals surface area contributed by atoms with Crippen molar-refractivity contribution >= 4 is 34.1 Å². The van der Waals surface area contributed by atoms with Crippen molar-refractivity contribution in [2.24, 2.45) is 0 Å². The molecule has 0 bridgehead atoms. The first-order chi connectivity index (χ1) is 15.8. The van der Waals surface area contributed by atoms with Gasteiger partial charge in [0.15, 0.2) is 0 Å². The molecular weight excluding hydrogens is 420 g/mol. The highest BCUT2D eigenvalue weighted by Crippen LogP contribution is 2.37. The van der Waals surface area contributed by atoms with Crippen LogP contribution in [-0.2, 0) is 0 Å². The Labute approximate surface area is 190 Å². The van der Waals surface area contributed by atoms with Crippen molar-refractivity contribution in [3.63, 3.8) is 0 Å². The van der Waals surface area contributed by atoms with Gasteiger partial charge in [0.1, 0.15) is 34.5 Å². The molecule has 0 amide bonds. The second-order valence-electron chi connectivity index (χ2n) is 7.32. The summed E-state index contributed by atoms with van der Waals surface area (Å²) in [6, 6.07) is 20.1. The minimum Gasteiger partial charge on any atom is -0.457 e. The van der Waals surface area contributed by atoms with Crippen LogP contribution in [-0.4, -0.2) is 0 Å². The summed E-state index contributed by atoms with van der Waals surface area (Å²) in [4.78, 5) is 0. The fourth-order valence-corrected chi connectivity index (χ4v) is 2.98. The van der Waals surface area contributed by atoms with Crippen molar-refractivity contribution in [3.8, 4) is 34.5 Å². The van der Waals surface area contributed by atoms with Crippen LogP contribution in [0.4, 0.5) is 34.1 Å². The van der Waals surface area contributed by atoms with Crippen LogP contribution in [0.15, 0.2) is 72.8 Å². The number of hydrogen-bond donors (Lipinski definition) is 6. The number of ether oxygens (including phenoxy) is 3. The third-order valence-electron chi connectivity index (χ3n) is 4.74. The van der Waals surface area contributed by atoms with E-state index in [1.54, 1.807) is 72.8 Å². The highest BCUT2D eigenvalue weighted by Gasteiger charge is 2.10. The van der Waals surface area contributed by atoms with Gasteiger partial charge in [-0.15, -0.1) is 0 Å². The van der Waals surface area contributed by atoms with Crippen LogP contribution in [0.1, 0.15) is 0 Å². The van der Waals surface area contributed by atoms with E-state index in [0.717, 1.165) is 0 Å². The Morgan fingerprint density at radius 1 is 0.303 bits per heavy atom. The molecule has 0 saturated heterocycles. The van der Waals surface area contributed by atoms with Gasteiger partial charge >= 0.3 is 0 Å². The lowest BCUT2D eigenvalue weighted by Crippen LogP contribution is -1.97. The van der Waals surface area contributed by atoms with Crippen molar-refractivity contribution in [3.05, 3.63) is 72.8 Å². The first-order valence-corrected chi connectivity index (χ1v) is 9.90. The molecule has 0 fully saturated rings. The van der Waals surface area contributed by atoms with E-state index in [1.807, 2.05) is 0 Å². The summed E-state index contributed by atoms with van der Waals surface area (Å²) in [6.45, 7) is 0. The van der Waals surface area contributed by atoms with Crippen LogP contribution in [0, 0.1) is 0 Å². The summed E-state index contributed by atoms with van der Waals surface area (Å²) in [7, 11) is 0. The minimum atomic E-state index is 0.408. The average molecular weight is 444 g/mol. The molecule has 9 heteroatoms. The van der Waals surface area contributed by atoms with E-state index < -0.39 is 0 Å². The molecule has 0 heterocycles. The van der Waals surface area contributed by atoms with Gasteiger partial charge in [0, 0.05) is 36.4 Å². The maximum atomic E-state index is 5.97. The fourth-order valence-electron chi connectivity index (χ4n) is 2.98. The third-order valence-corrected chi connectivity index (χ3v) is 4.74. The molecule has 33 heavy (non-hydrogen) atoms. The van der Waals surface area contributed by atoms with E-state index in [2.05, 4.69) is 0 Å². The molecule has 4 aromatic carbocycles. The number of nitrogen functional groups attached to an aromatic ring is 6. The van der Waals surface area contributed by atoms with E-state index >= 15 is 0 Å². The van der Waals surface area contributed by atoms with Crippen LogP contribution >= 0.6 is 0 Å². The molecule has 0 aliphatic heterocycles. The fraction of sp³-hybridized carbons (Fsp3) is 0. The quantitative estimate of drug-likeness (QED) is 0.232. The Hall–Kier alpha value is -4.92. The predicted octanol–water partition coefficient (Wildman–Crippen LogP) is 4.56. The van der Waals surface area contributed by atoms with Gasteiger partial charge in [-0.3, -0.25) is 0 Å². The van der Waals surface area contributed by atoms with E-state index in [4.69, 9.17) is 48.6 Å². The Balaban J connectivity index is 1.68. The van der Waals surface area contributed by atoms with Crippen molar-refractivity contribution in [2.75, 3.05) is 34.4 Å². The lowest BCUT2D eigenvalue weighted by Gasteiger charge is -2.14. The van der Waals surface area contributed by atoms with Crippen molar-refractivity contribution in [2.45, 2.75) is 0 Å². The van der Waals surface area contributed by atoms with E-state index in [1.165, 1.54) is 0 Å². The molecule has 12 N–H and O–H groups in total. The van der Waals surface area contributed by atoms with Gasteiger partial charge in [-0.05, 0) is 36.4 Å². The molecule has 4 rings (SSSR count). The predicted molar refractivity (Wildman–Crippen MR) is 132 cm³/mol. The molecule has 0 aliphatic carbocycles. The van der Waals surface area contributed by atoms with Crippen LogP contribution in [0.3, 0.4) is 0 Å².